The molecule has 0 amide bonds. The van der Waals surface area contributed by atoms with Gasteiger partial charge >= 0.3 is 0 Å². The monoisotopic (exact) mass is 277 g/mol. The Morgan fingerprint density at radius 1 is 1.37 bits per heavy atom. The maximum absolute atomic E-state index is 5.18. The van der Waals surface area contributed by atoms with Crippen LogP contribution in [0.3, 0.4) is 0 Å². The van der Waals surface area contributed by atoms with Gasteiger partial charge in [-0.15, -0.1) is 11.8 Å². The van der Waals surface area contributed by atoms with E-state index in [1.165, 1.54) is 4.90 Å². The number of nitrogens with one attached hydrogen (secondary N) is 1. The lowest BCUT2D eigenvalue weighted by Gasteiger charge is -2.16. The minimum atomic E-state index is 0.250. The molecule has 0 bridgehead atoms. The highest BCUT2D eigenvalue weighted by Gasteiger charge is 2.09. The molecule has 4 nitrogen and oxygen atoms in total. The van der Waals surface area contributed by atoms with Crippen molar-refractivity contribution in [2.24, 2.45) is 0 Å². The van der Waals surface area contributed by atoms with Gasteiger partial charge in [0.25, 0.3) is 0 Å². The summed E-state index contributed by atoms with van der Waals surface area (Å²) in [6, 6.07) is 8.57. The van der Waals surface area contributed by atoms with Crippen molar-refractivity contribution in [3.05, 3.63) is 36.7 Å². The van der Waals surface area contributed by atoms with Crippen LogP contribution >= 0.6 is 11.8 Å². The summed E-state index contributed by atoms with van der Waals surface area (Å²) in [4.78, 5) is 5.60. The Kier molecular flexibility index (Phi) is 4.87. The molecule has 1 unspecified atom stereocenters. The third kappa shape index (κ3) is 3.52. The first-order chi connectivity index (χ1) is 9.24. The molecule has 0 saturated heterocycles. The molecule has 1 aromatic heterocycles. The van der Waals surface area contributed by atoms with E-state index in [-0.39, 0.29) is 6.04 Å². The summed E-state index contributed by atoms with van der Waals surface area (Å²) < 4.78 is 7.26. The fourth-order valence-corrected chi connectivity index (χ4v) is 2.30. The predicted octanol–water partition coefficient (Wildman–Crippen LogP) is 3.56. The van der Waals surface area contributed by atoms with Gasteiger partial charge in [0.05, 0.1) is 12.6 Å². The summed E-state index contributed by atoms with van der Waals surface area (Å²) in [5.41, 5.74) is 1.04. The first-order valence-electron chi connectivity index (χ1n) is 6.17. The van der Waals surface area contributed by atoms with E-state index >= 15 is 0 Å². The van der Waals surface area contributed by atoms with Crippen molar-refractivity contribution in [2.75, 3.05) is 25.3 Å². The van der Waals surface area contributed by atoms with E-state index < -0.39 is 0 Å². The Morgan fingerprint density at radius 2 is 2.11 bits per heavy atom. The van der Waals surface area contributed by atoms with Crippen LogP contribution in [0.4, 0.5) is 11.6 Å². The van der Waals surface area contributed by atoms with Gasteiger partial charge in [0.1, 0.15) is 0 Å². The number of hydrogen-bond acceptors (Lipinski definition) is 4. The summed E-state index contributed by atoms with van der Waals surface area (Å²) in [5, 5.41) is 3.33. The fourth-order valence-electron chi connectivity index (χ4n) is 1.89. The number of ether oxygens (including phenoxy) is 1. The first kappa shape index (κ1) is 14.0. The lowest BCUT2D eigenvalue weighted by molar-refractivity contribution is 0.163. The van der Waals surface area contributed by atoms with Crippen LogP contribution in [0.15, 0.2) is 41.6 Å². The number of methoxy groups -OCH3 is 1. The summed E-state index contributed by atoms with van der Waals surface area (Å²) >= 11 is 1.73. The number of thioether (sulfide) groups is 1. The van der Waals surface area contributed by atoms with Crippen LogP contribution in [-0.2, 0) is 4.74 Å². The first-order valence-corrected chi connectivity index (χ1v) is 7.40. The quantitative estimate of drug-likeness (QED) is 0.820. The zero-order chi connectivity index (χ0) is 13.7. The van der Waals surface area contributed by atoms with Gasteiger partial charge in [0.2, 0.25) is 5.95 Å². The van der Waals surface area contributed by atoms with Gasteiger partial charge in [-0.2, -0.15) is 0 Å². The summed E-state index contributed by atoms with van der Waals surface area (Å²) in [6.07, 6.45) is 5.83. The van der Waals surface area contributed by atoms with Crippen molar-refractivity contribution in [1.29, 1.82) is 0 Å². The Bertz CT molecular complexity index is 510. The van der Waals surface area contributed by atoms with Crippen molar-refractivity contribution in [3.8, 4) is 0 Å². The molecule has 1 N–H and O–H groups in total. The van der Waals surface area contributed by atoms with Crippen molar-refractivity contribution in [1.82, 2.24) is 9.55 Å². The third-order valence-corrected chi connectivity index (χ3v) is 3.64. The number of benzene rings is 1. The number of hydrogen-bond donors (Lipinski definition) is 1. The number of nitrogens with zero attached hydrogens (tertiary/aromatic N) is 2. The van der Waals surface area contributed by atoms with E-state index in [4.69, 9.17) is 4.74 Å². The van der Waals surface area contributed by atoms with Gasteiger partial charge < -0.3 is 14.6 Å². The molecule has 0 saturated carbocycles. The maximum atomic E-state index is 5.18. The average Bonchev–Trinajstić information content (AvgIpc) is 2.88. The molecule has 0 aliphatic carbocycles. The molecule has 2 aromatic rings. The second kappa shape index (κ2) is 6.63. The number of rotatable bonds is 6. The normalized spacial score (nSPS) is 12.4. The van der Waals surface area contributed by atoms with Gasteiger partial charge in [0, 0.05) is 30.1 Å². The Labute approximate surface area is 118 Å². The number of anilines is 2. The molecule has 0 fully saturated rings. The summed E-state index contributed by atoms with van der Waals surface area (Å²) in [6.45, 7) is 2.77. The van der Waals surface area contributed by atoms with Crippen LogP contribution in [-0.4, -0.2) is 29.5 Å². The molecule has 0 spiro atoms. The van der Waals surface area contributed by atoms with Crippen LogP contribution in [0.1, 0.15) is 13.0 Å². The zero-order valence-corrected chi connectivity index (χ0v) is 12.3. The molecule has 1 aromatic carbocycles. The van der Waals surface area contributed by atoms with Crippen molar-refractivity contribution in [2.45, 2.75) is 17.9 Å². The van der Waals surface area contributed by atoms with Crippen LogP contribution in [0, 0.1) is 0 Å². The van der Waals surface area contributed by atoms with Crippen LogP contribution < -0.4 is 5.32 Å². The molecule has 19 heavy (non-hydrogen) atoms. The molecule has 0 radical (unpaired) electrons. The highest BCUT2D eigenvalue weighted by atomic mass is 32.2. The van der Waals surface area contributed by atoms with E-state index in [9.17, 15) is 0 Å². The van der Waals surface area contributed by atoms with Gasteiger partial charge in [-0.25, -0.2) is 4.98 Å². The summed E-state index contributed by atoms with van der Waals surface area (Å²) in [5.74, 6) is 0.835. The average molecular weight is 277 g/mol. The maximum Gasteiger partial charge on any atom is 0.207 e. The zero-order valence-electron chi connectivity index (χ0n) is 11.5. The van der Waals surface area contributed by atoms with Crippen molar-refractivity contribution in [3.63, 3.8) is 0 Å². The highest BCUT2D eigenvalue weighted by molar-refractivity contribution is 7.98. The topological polar surface area (TPSA) is 39.1 Å². The molecular weight excluding hydrogens is 258 g/mol. The van der Waals surface area contributed by atoms with E-state index in [1.807, 2.05) is 6.20 Å². The van der Waals surface area contributed by atoms with Crippen LogP contribution in [0.25, 0.3) is 0 Å². The highest BCUT2D eigenvalue weighted by Crippen LogP contribution is 2.21. The van der Waals surface area contributed by atoms with Gasteiger partial charge in [-0.1, -0.05) is 0 Å². The molecule has 0 aliphatic heterocycles. The Hall–Kier alpha value is -1.46. The molecule has 5 heteroatoms. The lowest BCUT2D eigenvalue weighted by atomic mass is 10.3. The van der Waals surface area contributed by atoms with Gasteiger partial charge in [0.15, 0.2) is 0 Å². The molecule has 1 atom stereocenters. The third-order valence-electron chi connectivity index (χ3n) is 2.90. The summed E-state index contributed by atoms with van der Waals surface area (Å²) in [7, 11) is 1.71. The molecule has 102 valence electrons. The van der Waals surface area contributed by atoms with Crippen LogP contribution in [0.5, 0.6) is 0 Å². The molecule has 1 heterocycles. The predicted molar refractivity (Wildman–Crippen MR) is 80.3 cm³/mol. The second-order valence-corrected chi connectivity index (χ2v) is 5.20. The minimum Gasteiger partial charge on any atom is -0.383 e. The number of imidazole rings is 1. The van der Waals surface area contributed by atoms with E-state index in [2.05, 4.69) is 52.3 Å². The van der Waals surface area contributed by atoms with E-state index in [0.29, 0.717) is 6.61 Å². The molecular formula is C14H19N3OS. The standard InChI is InChI=1S/C14H19N3OS/c1-11(10-18-2)17-9-8-15-14(17)16-12-4-6-13(19-3)7-5-12/h4-9,11H,10H2,1-3H3,(H,15,16). The van der Waals surface area contributed by atoms with Gasteiger partial charge in [-0.3, -0.25) is 0 Å². The van der Waals surface area contributed by atoms with Crippen LogP contribution in [0.2, 0.25) is 0 Å². The largest absolute Gasteiger partial charge is 0.383 e. The van der Waals surface area contributed by atoms with E-state index in [1.54, 1.807) is 25.1 Å². The smallest absolute Gasteiger partial charge is 0.207 e. The fraction of sp³-hybridized carbons (Fsp3) is 0.357. The van der Waals surface area contributed by atoms with Crippen molar-refractivity contribution < 1.29 is 4.74 Å². The SMILES string of the molecule is COCC(C)n1ccnc1Nc1ccc(SC)cc1. The van der Waals surface area contributed by atoms with Gasteiger partial charge in [-0.05, 0) is 37.4 Å². The molecule has 0 aliphatic rings. The van der Waals surface area contributed by atoms with E-state index in [0.717, 1.165) is 11.6 Å². The lowest BCUT2D eigenvalue weighted by Crippen LogP contribution is -2.12. The second-order valence-electron chi connectivity index (χ2n) is 4.32. The number of aromatic nitrogens is 2. The Balaban J connectivity index is 2.12. The minimum absolute atomic E-state index is 0.250. The Morgan fingerprint density at radius 3 is 2.74 bits per heavy atom. The molecule has 2 rings (SSSR count). The van der Waals surface area contributed by atoms with Crippen molar-refractivity contribution >= 4 is 23.4 Å².